The van der Waals surface area contributed by atoms with Gasteiger partial charge in [-0.3, -0.25) is 5.41 Å². The molecule has 1 saturated carbocycles. The minimum absolute atomic E-state index is 0.134. The third kappa shape index (κ3) is 3.52. The lowest BCUT2D eigenvalue weighted by Gasteiger charge is -2.45. The van der Waals surface area contributed by atoms with Crippen molar-refractivity contribution < 1.29 is 0 Å². The summed E-state index contributed by atoms with van der Waals surface area (Å²) in [5.74, 6) is -0.0964. The smallest absolute Gasteiger partial charge is 0.139 e. The van der Waals surface area contributed by atoms with Crippen molar-refractivity contribution in [1.82, 2.24) is 0 Å². The molecular formula is C19H19BrN4S. The summed E-state index contributed by atoms with van der Waals surface area (Å²) < 4.78 is 1.03. The lowest BCUT2D eigenvalue weighted by Crippen LogP contribution is -2.48. The first kappa shape index (κ1) is 18.2. The first-order chi connectivity index (χ1) is 12.1. The summed E-state index contributed by atoms with van der Waals surface area (Å²) in [4.78, 5) is 4.38. The average Bonchev–Trinajstić information content (AvgIpc) is 2.62. The maximum Gasteiger partial charge on any atom is 0.139 e. The third-order valence-corrected chi connectivity index (χ3v) is 6.87. The van der Waals surface area contributed by atoms with E-state index in [0.717, 1.165) is 42.1 Å². The highest BCUT2D eigenvalue weighted by Gasteiger charge is 2.53. The number of amidine groups is 1. The summed E-state index contributed by atoms with van der Waals surface area (Å²) in [6.45, 7) is 0. The molecule has 1 fully saturated rings. The van der Waals surface area contributed by atoms with Crippen molar-refractivity contribution in [2.24, 2.45) is 22.2 Å². The van der Waals surface area contributed by atoms with Crippen LogP contribution in [-0.4, -0.2) is 10.9 Å². The molecule has 1 aromatic rings. The van der Waals surface area contributed by atoms with Crippen LogP contribution in [0.15, 0.2) is 33.7 Å². The second-order valence-corrected chi connectivity index (χ2v) is 8.58. The molecule has 4 nitrogen and oxygen atoms in total. The Morgan fingerprint density at radius 3 is 2.36 bits per heavy atom. The predicted molar refractivity (Wildman–Crippen MR) is 104 cm³/mol. The van der Waals surface area contributed by atoms with E-state index in [1.165, 1.54) is 11.8 Å². The molecule has 1 aliphatic carbocycles. The van der Waals surface area contributed by atoms with E-state index in [-0.39, 0.29) is 11.8 Å². The van der Waals surface area contributed by atoms with E-state index in [4.69, 9.17) is 5.41 Å². The van der Waals surface area contributed by atoms with Gasteiger partial charge in [-0.2, -0.15) is 10.5 Å². The predicted octanol–water partition coefficient (Wildman–Crippen LogP) is 5.30. The molecule has 128 valence electrons. The summed E-state index contributed by atoms with van der Waals surface area (Å²) in [6.07, 6.45) is 4.86. The van der Waals surface area contributed by atoms with Gasteiger partial charge in [0.2, 0.25) is 0 Å². The molecule has 1 heterocycles. The number of rotatable bonds is 2. The van der Waals surface area contributed by atoms with E-state index in [2.05, 4.69) is 33.1 Å². The van der Waals surface area contributed by atoms with E-state index in [1.807, 2.05) is 24.3 Å². The van der Waals surface area contributed by atoms with Crippen LogP contribution in [0, 0.1) is 45.3 Å². The number of nitriles is 2. The molecule has 0 amide bonds. The van der Waals surface area contributed by atoms with Gasteiger partial charge in [-0.15, -0.1) is 11.8 Å². The summed E-state index contributed by atoms with van der Waals surface area (Å²) in [7, 11) is 0. The van der Waals surface area contributed by atoms with Gasteiger partial charge in [0.05, 0.1) is 17.2 Å². The number of benzene rings is 1. The topological polar surface area (TPSA) is 83.8 Å². The second kappa shape index (κ2) is 7.72. The molecule has 2 atom stereocenters. The maximum atomic E-state index is 9.88. The van der Waals surface area contributed by atoms with Crippen LogP contribution < -0.4 is 0 Å². The van der Waals surface area contributed by atoms with Gasteiger partial charge in [0.1, 0.15) is 17.7 Å². The van der Waals surface area contributed by atoms with E-state index < -0.39 is 11.3 Å². The van der Waals surface area contributed by atoms with Crippen molar-refractivity contribution in [1.29, 1.82) is 15.9 Å². The van der Waals surface area contributed by atoms with Gasteiger partial charge in [0.15, 0.2) is 0 Å². The lowest BCUT2D eigenvalue weighted by molar-refractivity contribution is 0.135. The Morgan fingerprint density at radius 2 is 1.76 bits per heavy atom. The fourth-order valence-corrected chi connectivity index (χ4v) is 5.34. The van der Waals surface area contributed by atoms with Crippen molar-refractivity contribution >= 4 is 38.6 Å². The molecule has 1 spiro atoms. The zero-order valence-electron chi connectivity index (χ0n) is 13.8. The molecule has 6 heteroatoms. The molecule has 25 heavy (non-hydrogen) atoms. The van der Waals surface area contributed by atoms with Crippen molar-refractivity contribution in [3.05, 3.63) is 34.3 Å². The Labute approximate surface area is 161 Å². The Morgan fingerprint density at radius 1 is 1.12 bits per heavy atom. The van der Waals surface area contributed by atoms with Crippen LogP contribution in [0.3, 0.4) is 0 Å². The standard InChI is InChI=1S/C19H19BrN4S/c20-14-6-4-13(5-7-14)12-25-18-16(11-22)19(8-2-1-3-9-19)15(10-21)17(23)24-18/h4-7,15-16,23H,1-3,8-9,12H2. The first-order valence-electron chi connectivity index (χ1n) is 8.44. The zero-order chi connectivity index (χ0) is 17.9. The monoisotopic (exact) mass is 414 g/mol. The van der Waals surface area contributed by atoms with Crippen LogP contribution in [0.2, 0.25) is 0 Å². The lowest BCUT2D eigenvalue weighted by atomic mass is 9.58. The Balaban J connectivity index is 1.87. The van der Waals surface area contributed by atoms with Crippen molar-refractivity contribution in [3.8, 4) is 12.1 Å². The number of hydrogen-bond acceptors (Lipinski definition) is 4. The summed E-state index contributed by atoms with van der Waals surface area (Å²) >= 11 is 4.97. The number of thioether (sulfide) groups is 1. The van der Waals surface area contributed by atoms with Crippen LogP contribution >= 0.6 is 27.7 Å². The van der Waals surface area contributed by atoms with Crippen molar-refractivity contribution in [3.63, 3.8) is 0 Å². The third-order valence-electron chi connectivity index (χ3n) is 5.24. The summed E-state index contributed by atoms with van der Waals surface area (Å²) in [5.41, 5.74) is 0.724. The highest BCUT2D eigenvalue weighted by atomic mass is 79.9. The van der Waals surface area contributed by atoms with E-state index in [9.17, 15) is 10.5 Å². The maximum absolute atomic E-state index is 9.88. The Bertz CT molecular complexity index is 766. The molecule has 0 aromatic heterocycles. The molecule has 0 bridgehead atoms. The van der Waals surface area contributed by atoms with Gasteiger partial charge in [0, 0.05) is 15.6 Å². The molecule has 1 N–H and O–H groups in total. The molecule has 2 unspecified atom stereocenters. The van der Waals surface area contributed by atoms with Crippen molar-refractivity contribution in [2.45, 2.75) is 37.9 Å². The van der Waals surface area contributed by atoms with Gasteiger partial charge < -0.3 is 0 Å². The van der Waals surface area contributed by atoms with Gasteiger partial charge in [-0.1, -0.05) is 47.3 Å². The normalized spacial score (nSPS) is 25.1. The molecule has 3 rings (SSSR count). The number of nitrogens with zero attached hydrogens (tertiary/aromatic N) is 3. The fraction of sp³-hybridized carbons (Fsp3) is 0.474. The van der Waals surface area contributed by atoms with Gasteiger partial charge in [-0.05, 0) is 30.5 Å². The minimum atomic E-state index is -0.561. The van der Waals surface area contributed by atoms with Gasteiger partial charge in [0.25, 0.3) is 0 Å². The highest BCUT2D eigenvalue weighted by molar-refractivity contribution is 9.10. The molecular weight excluding hydrogens is 396 g/mol. The van der Waals surface area contributed by atoms with Crippen LogP contribution in [0.4, 0.5) is 0 Å². The fourth-order valence-electron chi connectivity index (χ4n) is 3.95. The number of halogens is 1. The highest BCUT2D eigenvalue weighted by Crippen LogP contribution is 2.52. The van der Waals surface area contributed by atoms with Crippen molar-refractivity contribution in [2.75, 3.05) is 0 Å². The number of aliphatic imine (C=N–C) groups is 1. The number of hydrogen-bond donors (Lipinski definition) is 1. The number of nitrogens with one attached hydrogen (secondary N) is 1. The molecule has 0 radical (unpaired) electrons. The minimum Gasteiger partial charge on any atom is -0.286 e. The van der Waals surface area contributed by atoms with Crippen LogP contribution in [0.5, 0.6) is 0 Å². The first-order valence-corrected chi connectivity index (χ1v) is 10.2. The van der Waals surface area contributed by atoms with Gasteiger partial charge in [-0.25, -0.2) is 4.99 Å². The molecule has 2 aliphatic rings. The summed E-state index contributed by atoms with van der Waals surface area (Å²) in [6, 6.07) is 12.8. The SMILES string of the molecule is N#CC1C(=N)N=C(SCc2ccc(Br)cc2)C(C#N)C12CCCCC2. The van der Waals surface area contributed by atoms with E-state index >= 15 is 0 Å². The van der Waals surface area contributed by atoms with E-state index in [0.29, 0.717) is 10.8 Å². The molecule has 1 aromatic carbocycles. The molecule has 1 aliphatic heterocycles. The van der Waals surface area contributed by atoms with E-state index in [1.54, 1.807) is 0 Å². The van der Waals surface area contributed by atoms with Crippen LogP contribution in [-0.2, 0) is 5.75 Å². The van der Waals surface area contributed by atoms with Crippen LogP contribution in [0.25, 0.3) is 0 Å². The zero-order valence-corrected chi connectivity index (χ0v) is 16.2. The largest absolute Gasteiger partial charge is 0.286 e. The Kier molecular flexibility index (Phi) is 5.61. The second-order valence-electron chi connectivity index (χ2n) is 6.67. The average molecular weight is 415 g/mol. The van der Waals surface area contributed by atoms with Crippen LogP contribution in [0.1, 0.15) is 37.7 Å². The van der Waals surface area contributed by atoms with Gasteiger partial charge >= 0.3 is 0 Å². The Hall–Kier alpha value is -1.63. The molecule has 0 saturated heterocycles. The quantitative estimate of drug-likeness (QED) is 0.711. The summed E-state index contributed by atoms with van der Waals surface area (Å²) in [5, 5.41) is 28.5.